The summed E-state index contributed by atoms with van der Waals surface area (Å²) in [5.41, 5.74) is 2.77. The molecule has 0 unspecified atom stereocenters. The zero-order chi connectivity index (χ0) is 13.4. The summed E-state index contributed by atoms with van der Waals surface area (Å²) in [6.07, 6.45) is 0. The van der Waals surface area contributed by atoms with Crippen molar-refractivity contribution in [3.05, 3.63) is 52.5 Å². The molecule has 2 nitrogen and oxygen atoms in total. The number of Topliss-reactive ketones (excluding diaryl/α,β-unsaturated/α-hetero) is 1. The molecular formula is C15H10BrNOS. The number of carbonyl (C=O) groups is 1. The number of aromatic nitrogens is 1. The van der Waals surface area contributed by atoms with Gasteiger partial charge in [-0.15, -0.1) is 11.3 Å². The SMILES string of the molecule is CC(=O)c1ccc(-c2nc3ccc(Br)cc3s2)cc1. The van der Waals surface area contributed by atoms with Crippen molar-refractivity contribution in [2.24, 2.45) is 0 Å². The van der Waals surface area contributed by atoms with Gasteiger partial charge in [0.15, 0.2) is 5.78 Å². The lowest BCUT2D eigenvalue weighted by atomic mass is 10.1. The van der Waals surface area contributed by atoms with E-state index >= 15 is 0 Å². The monoisotopic (exact) mass is 331 g/mol. The molecule has 0 spiro atoms. The van der Waals surface area contributed by atoms with Crippen molar-refractivity contribution in [3.63, 3.8) is 0 Å². The van der Waals surface area contributed by atoms with Crippen LogP contribution in [0.2, 0.25) is 0 Å². The van der Waals surface area contributed by atoms with E-state index in [0.29, 0.717) is 0 Å². The van der Waals surface area contributed by atoms with Crippen LogP contribution in [-0.4, -0.2) is 10.8 Å². The fourth-order valence-corrected chi connectivity index (χ4v) is 3.39. The first-order valence-corrected chi connectivity index (χ1v) is 7.42. The highest BCUT2D eigenvalue weighted by Gasteiger charge is 2.07. The van der Waals surface area contributed by atoms with E-state index in [9.17, 15) is 4.79 Å². The van der Waals surface area contributed by atoms with Crippen LogP contribution in [0.4, 0.5) is 0 Å². The van der Waals surface area contributed by atoms with Crippen LogP contribution in [0.15, 0.2) is 46.9 Å². The third kappa shape index (κ3) is 2.46. The summed E-state index contributed by atoms with van der Waals surface area (Å²) in [6.45, 7) is 1.57. The number of benzene rings is 2. The standard InChI is InChI=1S/C15H10BrNOS/c1-9(18)10-2-4-11(5-3-10)15-17-13-7-6-12(16)8-14(13)19-15/h2-8H,1H3. The first kappa shape index (κ1) is 12.5. The van der Waals surface area contributed by atoms with Gasteiger partial charge in [-0.05, 0) is 25.1 Å². The maximum absolute atomic E-state index is 11.3. The summed E-state index contributed by atoms with van der Waals surface area (Å²) < 4.78 is 2.21. The van der Waals surface area contributed by atoms with Crippen LogP contribution in [0.25, 0.3) is 20.8 Å². The van der Waals surface area contributed by atoms with Gasteiger partial charge in [-0.3, -0.25) is 4.79 Å². The third-order valence-electron chi connectivity index (χ3n) is 2.89. The number of carbonyl (C=O) groups excluding carboxylic acids is 1. The molecule has 0 N–H and O–H groups in total. The molecule has 3 aromatic rings. The molecule has 94 valence electrons. The topological polar surface area (TPSA) is 30.0 Å². The van der Waals surface area contributed by atoms with Gasteiger partial charge in [-0.25, -0.2) is 4.98 Å². The number of hydrogen-bond acceptors (Lipinski definition) is 3. The average molecular weight is 332 g/mol. The molecule has 1 aromatic heterocycles. The van der Waals surface area contributed by atoms with E-state index in [1.165, 1.54) is 0 Å². The number of thiazole rings is 1. The van der Waals surface area contributed by atoms with Gasteiger partial charge in [0.2, 0.25) is 0 Å². The summed E-state index contributed by atoms with van der Waals surface area (Å²) in [4.78, 5) is 15.9. The van der Waals surface area contributed by atoms with Gasteiger partial charge in [-0.2, -0.15) is 0 Å². The molecule has 0 saturated carbocycles. The average Bonchev–Trinajstić information content (AvgIpc) is 2.81. The van der Waals surface area contributed by atoms with Crippen LogP contribution < -0.4 is 0 Å². The molecule has 0 amide bonds. The summed E-state index contributed by atoms with van der Waals surface area (Å²) in [6, 6.07) is 13.7. The Morgan fingerprint density at radius 1 is 1.16 bits per heavy atom. The summed E-state index contributed by atoms with van der Waals surface area (Å²) in [5, 5.41) is 0.975. The molecule has 0 aliphatic heterocycles. The van der Waals surface area contributed by atoms with Crippen molar-refractivity contribution in [3.8, 4) is 10.6 Å². The van der Waals surface area contributed by atoms with E-state index in [4.69, 9.17) is 0 Å². The van der Waals surface area contributed by atoms with Crippen molar-refractivity contribution < 1.29 is 4.79 Å². The number of nitrogens with zero attached hydrogens (tertiary/aromatic N) is 1. The van der Waals surface area contributed by atoms with Crippen molar-refractivity contribution in [1.82, 2.24) is 4.98 Å². The second-order valence-corrected chi connectivity index (χ2v) is 6.21. The highest BCUT2D eigenvalue weighted by Crippen LogP contribution is 2.31. The molecule has 0 fully saturated rings. The molecule has 2 aromatic carbocycles. The van der Waals surface area contributed by atoms with E-state index in [-0.39, 0.29) is 5.78 Å². The van der Waals surface area contributed by atoms with Crippen LogP contribution in [0.3, 0.4) is 0 Å². The van der Waals surface area contributed by atoms with Gasteiger partial charge in [0.25, 0.3) is 0 Å². The Balaban J connectivity index is 2.06. The van der Waals surface area contributed by atoms with Crippen molar-refractivity contribution in [1.29, 1.82) is 0 Å². The number of rotatable bonds is 2. The van der Waals surface area contributed by atoms with Crippen molar-refractivity contribution in [2.45, 2.75) is 6.92 Å². The molecule has 19 heavy (non-hydrogen) atoms. The number of fused-ring (bicyclic) bond motifs is 1. The van der Waals surface area contributed by atoms with Gasteiger partial charge in [-0.1, -0.05) is 40.2 Å². The minimum Gasteiger partial charge on any atom is -0.295 e. The second kappa shape index (κ2) is 4.87. The minimum atomic E-state index is 0.0831. The van der Waals surface area contributed by atoms with Crippen LogP contribution in [0, 0.1) is 0 Å². The Bertz CT molecular complexity index is 761. The smallest absolute Gasteiger partial charge is 0.159 e. The molecule has 1 heterocycles. The fourth-order valence-electron chi connectivity index (χ4n) is 1.87. The number of ketones is 1. The van der Waals surface area contributed by atoms with Gasteiger partial charge in [0.05, 0.1) is 10.2 Å². The lowest BCUT2D eigenvalue weighted by Gasteiger charge is -1.97. The summed E-state index contributed by atoms with van der Waals surface area (Å²) in [5.74, 6) is 0.0831. The van der Waals surface area contributed by atoms with Gasteiger partial charge in [0.1, 0.15) is 5.01 Å². The minimum absolute atomic E-state index is 0.0831. The fraction of sp³-hybridized carbons (Fsp3) is 0.0667. The predicted molar refractivity (Wildman–Crippen MR) is 82.8 cm³/mol. The molecular weight excluding hydrogens is 322 g/mol. The Morgan fingerprint density at radius 2 is 1.89 bits per heavy atom. The Labute approximate surface area is 123 Å². The maximum atomic E-state index is 11.3. The Hall–Kier alpha value is -1.52. The highest BCUT2D eigenvalue weighted by atomic mass is 79.9. The van der Waals surface area contributed by atoms with E-state index in [1.54, 1.807) is 18.3 Å². The van der Waals surface area contributed by atoms with E-state index < -0.39 is 0 Å². The summed E-state index contributed by atoms with van der Waals surface area (Å²) >= 11 is 5.12. The Morgan fingerprint density at radius 3 is 2.58 bits per heavy atom. The Kier molecular flexibility index (Phi) is 3.21. The van der Waals surface area contributed by atoms with E-state index in [1.807, 2.05) is 36.4 Å². The van der Waals surface area contributed by atoms with E-state index in [0.717, 1.165) is 30.8 Å². The lowest BCUT2D eigenvalue weighted by Crippen LogP contribution is -1.90. The van der Waals surface area contributed by atoms with Crippen LogP contribution in [0.1, 0.15) is 17.3 Å². The zero-order valence-corrected chi connectivity index (χ0v) is 12.6. The first-order valence-electron chi connectivity index (χ1n) is 5.81. The quantitative estimate of drug-likeness (QED) is 0.623. The van der Waals surface area contributed by atoms with Crippen LogP contribution in [-0.2, 0) is 0 Å². The molecule has 4 heteroatoms. The van der Waals surface area contributed by atoms with Crippen molar-refractivity contribution >= 4 is 43.3 Å². The molecule has 0 bridgehead atoms. The van der Waals surface area contributed by atoms with Crippen LogP contribution in [0.5, 0.6) is 0 Å². The molecule has 3 rings (SSSR count). The lowest BCUT2D eigenvalue weighted by molar-refractivity contribution is 0.101. The predicted octanol–water partition coefficient (Wildman–Crippen LogP) is 4.93. The second-order valence-electron chi connectivity index (χ2n) is 4.26. The van der Waals surface area contributed by atoms with E-state index in [2.05, 4.69) is 27.0 Å². The third-order valence-corrected chi connectivity index (χ3v) is 4.45. The number of hydrogen-bond donors (Lipinski definition) is 0. The largest absolute Gasteiger partial charge is 0.295 e. The van der Waals surface area contributed by atoms with Gasteiger partial charge < -0.3 is 0 Å². The molecule has 0 aliphatic rings. The summed E-state index contributed by atoms with van der Waals surface area (Å²) in [7, 11) is 0. The zero-order valence-electron chi connectivity index (χ0n) is 10.2. The molecule has 0 saturated heterocycles. The molecule has 0 aliphatic carbocycles. The highest BCUT2D eigenvalue weighted by molar-refractivity contribution is 9.10. The normalized spacial score (nSPS) is 10.8. The molecule has 0 radical (unpaired) electrons. The van der Waals surface area contributed by atoms with Gasteiger partial charge >= 0.3 is 0 Å². The first-order chi connectivity index (χ1) is 9.13. The molecule has 0 atom stereocenters. The van der Waals surface area contributed by atoms with Crippen LogP contribution >= 0.6 is 27.3 Å². The maximum Gasteiger partial charge on any atom is 0.159 e. The van der Waals surface area contributed by atoms with Gasteiger partial charge in [0, 0.05) is 15.6 Å². The number of halogens is 1. The van der Waals surface area contributed by atoms with Crippen molar-refractivity contribution in [2.75, 3.05) is 0 Å².